The Balaban J connectivity index is 1.63. The summed E-state index contributed by atoms with van der Waals surface area (Å²) in [6, 6.07) is 25.9. The summed E-state index contributed by atoms with van der Waals surface area (Å²) in [5, 5.41) is 2.95. The lowest BCUT2D eigenvalue weighted by molar-refractivity contribution is 0.0951. The topological polar surface area (TPSA) is 55.1 Å². The molecule has 0 saturated heterocycles. The molecule has 0 spiro atoms. The molecule has 0 heterocycles. The van der Waals surface area contributed by atoms with Gasteiger partial charge in [0, 0.05) is 18.7 Å². The van der Waals surface area contributed by atoms with Crippen molar-refractivity contribution in [2.24, 2.45) is 5.73 Å². The minimum absolute atomic E-state index is 0.0857. The molecule has 3 aromatic carbocycles. The van der Waals surface area contributed by atoms with Gasteiger partial charge in [0.05, 0.1) is 0 Å². The molecule has 1 amide bonds. The summed E-state index contributed by atoms with van der Waals surface area (Å²) < 4.78 is 0. The molecule has 0 aromatic heterocycles. The number of hydrogen-bond acceptors (Lipinski definition) is 2. The minimum atomic E-state index is -0.0857. The number of carbonyl (C=O) groups excluding carboxylic acids is 1. The van der Waals surface area contributed by atoms with E-state index >= 15 is 0 Å². The van der Waals surface area contributed by atoms with Crippen LogP contribution < -0.4 is 11.1 Å². The summed E-state index contributed by atoms with van der Waals surface area (Å²) in [5.74, 6) is -0.0857. The summed E-state index contributed by atoms with van der Waals surface area (Å²) in [7, 11) is 0. The maximum atomic E-state index is 12.2. The SMILES string of the molecule is NCc1cccc(C(=O)NCc2ccc(-c3ccccc3)cc2)c1. The Hall–Kier alpha value is -2.91. The zero-order valence-corrected chi connectivity index (χ0v) is 13.4. The third kappa shape index (κ3) is 3.89. The highest BCUT2D eigenvalue weighted by Crippen LogP contribution is 2.19. The predicted molar refractivity (Wildman–Crippen MR) is 97.4 cm³/mol. The van der Waals surface area contributed by atoms with Crippen LogP contribution in [0.2, 0.25) is 0 Å². The quantitative estimate of drug-likeness (QED) is 0.753. The maximum Gasteiger partial charge on any atom is 0.251 e. The van der Waals surface area contributed by atoms with Crippen LogP contribution in [0.4, 0.5) is 0 Å². The maximum absolute atomic E-state index is 12.2. The second-order valence-corrected chi connectivity index (χ2v) is 5.65. The smallest absolute Gasteiger partial charge is 0.251 e. The molecule has 3 rings (SSSR count). The fourth-order valence-corrected chi connectivity index (χ4v) is 2.57. The second kappa shape index (κ2) is 7.57. The van der Waals surface area contributed by atoms with E-state index in [0.717, 1.165) is 11.1 Å². The summed E-state index contributed by atoms with van der Waals surface area (Å²) in [5.41, 5.74) is 10.6. The van der Waals surface area contributed by atoms with Crippen molar-refractivity contribution < 1.29 is 4.79 Å². The normalized spacial score (nSPS) is 10.4. The average molecular weight is 316 g/mol. The number of rotatable bonds is 5. The fourth-order valence-electron chi connectivity index (χ4n) is 2.57. The Morgan fingerprint density at radius 1 is 0.792 bits per heavy atom. The molecule has 0 bridgehead atoms. The van der Waals surface area contributed by atoms with Gasteiger partial charge in [0.2, 0.25) is 0 Å². The zero-order valence-electron chi connectivity index (χ0n) is 13.4. The van der Waals surface area contributed by atoms with Gasteiger partial charge < -0.3 is 11.1 Å². The predicted octanol–water partition coefficient (Wildman–Crippen LogP) is 3.74. The van der Waals surface area contributed by atoms with E-state index < -0.39 is 0 Å². The highest BCUT2D eigenvalue weighted by Gasteiger charge is 2.06. The molecule has 0 fully saturated rings. The van der Waals surface area contributed by atoms with Gasteiger partial charge in [-0.3, -0.25) is 4.79 Å². The van der Waals surface area contributed by atoms with E-state index in [-0.39, 0.29) is 5.91 Å². The van der Waals surface area contributed by atoms with Crippen LogP contribution in [0.5, 0.6) is 0 Å². The minimum Gasteiger partial charge on any atom is -0.348 e. The van der Waals surface area contributed by atoms with Gasteiger partial charge >= 0.3 is 0 Å². The molecule has 3 nitrogen and oxygen atoms in total. The lowest BCUT2D eigenvalue weighted by atomic mass is 10.0. The van der Waals surface area contributed by atoms with Gasteiger partial charge in [-0.15, -0.1) is 0 Å². The van der Waals surface area contributed by atoms with Crippen LogP contribution >= 0.6 is 0 Å². The highest BCUT2D eigenvalue weighted by molar-refractivity contribution is 5.94. The van der Waals surface area contributed by atoms with Crippen molar-refractivity contribution in [3.63, 3.8) is 0 Å². The van der Waals surface area contributed by atoms with E-state index in [9.17, 15) is 4.79 Å². The van der Waals surface area contributed by atoms with Crippen molar-refractivity contribution in [3.05, 3.63) is 95.6 Å². The van der Waals surface area contributed by atoms with Crippen LogP contribution in [-0.2, 0) is 13.1 Å². The second-order valence-electron chi connectivity index (χ2n) is 5.65. The van der Waals surface area contributed by atoms with Gasteiger partial charge in [-0.2, -0.15) is 0 Å². The molecule has 0 radical (unpaired) electrons. The average Bonchev–Trinajstić information content (AvgIpc) is 2.67. The molecule has 0 unspecified atom stereocenters. The molecule has 0 aliphatic carbocycles. The van der Waals surface area contributed by atoms with E-state index in [1.165, 1.54) is 11.1 Å². The molecule has 24 heavy (non-hydrogen) atoms. The first-order chi connectivity index (χ1) is 11.8. The van der Waals surface area contributed by atoms with Gasteiger partial charge in [-0.05, 0) is 34.4 Å². The van der Waals surface area contributed by atoms with Crippen LogP contribution in [-0.4, -0.2) is 5.91 Å². The molecule has 0 aliphatic rings. The van der Waals surface area contributed by atoms with Crippen LogP contribution in [0.1, 0.15) is 21.5 Å². The first kappa shape index (κ1) is 16.0. The Labute approximate surface area is 142 Å². The van der Waals surface area contributed by atoms with Crippen molar-refractivity contribution in [2.45, 2.75) is 13.1 Å². The monoisotopic (exact) mass is 316 g/mol. The van der Waals surface area contributed by atoms with Gasteiger partial charge in [-0.25, -0.2) is 0 Å². The first-order valence-electron chi connectivity index (χ1n) is 7.98. The molecule has 0 atom stereocenters. The highest BCUT2D eigenvalue weighted by atomic mass is 16.1. The number of benzene rings is 3. The lowest BCUT2D eigenvalue weighted by Gasteiger charge is -2.08. The number of amides is 1. The van der Waals surface area contributed by atoms with E-state index in [0.29, 0.717) is 18.7 Å². The molecule has 3 N–H and O–H groups in total. The number of nitrogens with two attached hydrogens (primary N) is 1. The van der Waals surface area contributed by atoms with E-state index in [4.69, 9.17) is 5.73 Å². The third-order valence-electron chi connectivity index (χ3n) is 3.94. The Bertz CT molecular complexity index is 811. The van der Waals surface area contributed by atoms with E-state index in [1.807, 2.05) is 48.5 Å². The molecule has 120 valence electrons. The molecular formula is C21H20N2O. The van der Waals surface area contributed by atoms with E-state index in [1.54, 1.807) is 6.07 Å². The fraction of sp³-hybridized carbons (Fsp3) is 0.0952. The van der Waals surface area contributed by atoms with Crippen LogP contribution in [0, 0.1) is 0 Å². The number of carbonyl (C=O) groups is 1. The van der Waals surface area contributed by atoms with Crippen molar-refractivity contribution in [1.82, 2.24) is 5.32 Å². The molecule has 0 aliphatic heterocycles. The standard InChI is InChI=1S/C21H20N2O/c22-14-17-5-4-8-20(13-17)21(24)23-15-16-9-11-19(12-10-16)18-6-2-1-3-7-18/h1-13H,14-15,22H2,(H,23,24). The largest absolute Gasteiger partial charge is 0.348 e. The Morgan fingerprint density at radius 2 is 1.50 bits per heavy atom. The number of hydrogen-bond donors (Lipinski definition) is 2. The van der Waals surface area contributed by atoms with Crippen molar-refractivity contribution >= 4 is 5.91 Å². The van der Waals surface area contributed by atoms with Crippen molar-refractivity contribution in [2.75, 3.05) is 0 Å². The summed E-state index contributed by atoms with van der Waals surface area (Å²) in [4.78, 5) is 12.2. The van der Waals surface area contributed by atoms with E-state index in [2.05, 4.69) is 29.6 Å². The van der Waals surface area contributed by atoms with Gasteiger partial charge in [0.15, 0.2) is 0 Å². The summed E-state index contributed by atoms with van der Waals surface area (Å²) in [6.45, 7) is 0.933. The zero-order chi connectivity index (χ0) is 16.8. The van der Waals surface area contributed by atoms with Crippen molar-refractivity contribution in [3.8, 4) is 11.1 Å². The Morgan fingerprint density at radius 3 is 2.21 bits per heavy atom. The summed E-state index contributed by atoms with van der Waals surface area (Å²) in [6.07, 6.45) is 0. The van der Waals surface area contributed by atoms with Gasteiger partial charge in [0.1, 0.15) is 0 Å². The molecular weight excluding hydrogens is 296 g/mol. The van der Waals surface area contributed by atoms with Gasteiger partial charge in [0.25, 0.3) is 5.91 Å². The van der Waals surface area contributed by atoms with Crippen LogP contribution in [0.15, 0.2) is 78.9 Å². The van der Waals surface area contributed by atoms with Crippen LogP contribution in [0.3, 0.4) is 0 Å². The first-order valence-corrected chi connectivity index (χ1v) is 7.98. The van der Waals surface area contributed by atoms with Crippen molar-refractivity contribution in [1.29, 1.82) is 0 Å². The summed E-state index contributed by atoms with van der Waals surface area (Å²) >= 11 is 0. The lowest BCUT2D eigenvalue weighted by Crippen LogP contribution is -2.22. The molecule has 3 aromatic rings. The molecule has 3 heteroatoms. The number of nitrogens with one attached hydrogen (secondary N) is 1. The van der Waals surface area contributed by atoms with Crippen LogP contribution in [0.25, 0.3) is 11.1 Å². The Kier molecular flexibility index (Phi) is 5.04. The molecule has 0 saturated carbocycles. The van der Waals surface area contributed by atoms with Gasteiger partial charge in [-0.1, -0.05) is 66.7 Å². The third-order valence-corrected chi connectivity index (χ3v) is 3.94.